The maximum absolute atomic E-state index is 4.60. The van der Waals surface area contributed by atoms with Crippen LogP contribution in [-0.2, 0) is 13.0 Å². The molecule has 0 fully saturated rings. The molecule has 0 bridgehead atoms. The molecular formula is C14H21N5S. The summed E-state index contributed by atoms with van der Waals surface area (Å²) in [6.07, 6.45) is 0.833. The molecule has 5 nitrogen and oxygen atoms in total. The van der Waals surface area contributed by atoms with Crippen LogP contribution in [0.3, 0.4) is 0 Å². The van der Waals surface area contributed by atoms with E-state index in [0.717, 1.165) is 42.7 Å². The van der Waals surface area contributed by atoms with Crippen molar-refractivity contribution in [2.24, 2.45) is 0 Å². The van der Waals surface area contributed by atoms with Gasteiger partial charge >= 0.3 is 0 Å². The Labute approximate surface area is 124 Å². The summed E-state index contributed by atoms with van der Waals surface area (Å²) < 4.78 is 0. The van der Waals surface area contributed by atoms with Crippen LogP contribution in [0.2, 0.25) is 0 Å². The van der Waals surface area contributed by atoms with Crippen LogP contribution >= 0.6 is 11.3 Å². The maximum Gasteiger partial charge on any atom is 0.134 e. The van der Waals surface area contributed by atoms with Crippen LogP contribution in [0, 0.1) is 6.92 Å². The molecule has 0 saturated carbocycles. The van der Waals surface area contributed by atoms with Crippen molar-refractivity contribution < 1.29 is 0 Å². The second-order valence-electron chi connectivity index (χ2n) is 4.63. The van der Waals surface area contributed by atoms with Crippen molar-refractivity contribution in [2.75, 3.05) is 23.8 Å². The standard InChI is InChI=1S/C14H21N5S/c1-5-12-17-13(15-6-2)7-14(18-12)19(4)8-11-10(3)16-9-20-11/h7,9H,5-6,8H2,1-4H3,(H,15,17,18). The number of anilines is 2. The Morgan fingerprint density at radius 3 is 2.70 bits per heavy atom. The SMILES string of the molecule is CCNc1cc(N(C)Cc2scnc2C)nc(CC)n1. The summed E-state index contributed by atoms with van der Waals surface area (Å²) in [5.74, 6) is 2.70. The van der Waals surface area contributed by atoms with Gasteiger partial charge < -0.3 is 10.2 Å². The number of hydrogen-bond acceptors (Lipinski definition) is 6. The van der Waals surface area contributed by atoms with Gasteiger partial charge in [0.05, 0.1) is 17.7 Å². The molecule has 0 aromatic carbocycles. The Bertz CT molecular complexity index is 566. The lowest BCUT2D eigenvalue weighted by Gasteiger charge is -2.19. The molecule has 0 unspecified atom stereocenters. The lowest BCUT2D eigenvalue weighted by atomic mass is 10.3. The van der Waals surface area contributed by atoms with Crippen LogP contribution in [-0.4, -0.2) is 28.5 Å². The summed E-state index contributed by atoms with van der Waals surface area (Å²) in [5.41, 5.74) is 2.98. The Balaban J connectivity index is 2.22. The van der Waals surface area contributed by atoms with Crippen LogP contribution < -0.4 is 10.2 Å². The van der Waals surface area contributed by atoms with Crippen molar-refractivity contribution in [3.63, 3.8) is 0 Å². The van der Waals surface area contributed by atoms with Crippen LogP contribution in [0.25, 0.3) is 0 Å². The first-order valence-corrected chi connectivity index (χ1v) is 7.73. The number of rotatable bonds is 6. The zero-order valence-electron chi connectivity index (χ0n) is 12.5. The Morgan fingerprint density at radius 1 is 1.30 bits per heavy atom. The minimum Gasteiger partial charge on any atom is -0.370 e. The van der Waals surface area contributed by atoms with E-state index in [4.69, 9.17) is 0 Å². The van der Waals surface area contributed by atoms with Crippen LogP contribution in [0.15, 0.2) is 11.6 Å². The van der Waals surface area contributed by atoms with E-state index in [2.05, 4.69) is 46.1 Å². The molecule has 0 spiro atoms. The highest BCUT2D eigenvalue weighted by atomic mass is 32.1. The average Bonchev–Trinajstić information content (AvgIpc) is 2.84. The van der Waals surface area contributed by atoms with Gasteiger partial charge in [0.25, 0.3) is 0 Å². The summed E-state index contributed by atoms with van der Waals surface area (Å²) in [4.78, 5) is 16.8. The summed E-state index contributed by atoms with van der Waals surface area (Å²) in [7, 11) is 2.05. The molecule has 0 amide bonds. The summed E-state index contributed by atoms with van der Waals surface area (Å²) in [6.45, 7) is 7.86. The van der Waals surface area contributed by atoms with E-state index in [0.29, 0.717) is 0 Å². The molecule has 2 aromatic rings. The molecule has 108 valence electrons. The topological polar surface area (TPSA) is 53.9 Å². The Morgan fingerprint density at radius 2 is 2.10 bits per heavy atom. The Kier molecular flexibility index (Phi) is 4.89. The van der Waals surface area contributed by atoms with Gasteiger partial charge in [-0.05, 0) is 13.8 Å². The van der Waals surface area contributed by atoms with Crippen molar-refractivity contribution in [2.45, 2.75) is 33.7 Å². The van der Waals surface area contributed by atoms with Crippen LogP contribution in [0.5, 0.6) is 0 Å². The number of nitrogens with zero attached hydrogens (tertiary/aromatic N) is 4. The predicted molar refractivity (Wildman–Crippen MR) is 84.5 cm³/mol. The lowest BCUT2D eigenvalue weighted by molar-refractivity contribution is 0.861. The monoisotopic (exact) mass is 291 g/mol. The Hall–Kier alpha value is -1.69. The van der Waals surface area contributed by atoms with E-state index in [1.165, 1.54) is 4.88 Å². The molecule has 2 aromatic heterocycles. The molecule has 0 aliphatic carbocycles. The molecule has 2 heterocycles. The molecule has 0 saturated heterocycles. The third-order valence-electron chi connectivity index (χ3n) is 3.05. The van der Waals surface area contributed by atoms with Gasteiger partial charge in [0.2, 0.25) is 0 Å². The van der Waals surface area contributed by atoms with Gasteiger partial charge in [-0.2, -0.15) is 0 Å². The van der Waals surface area contributed by atoms with E-state index in [-0.39, 0.29) is 0 Å². The van der Waals surface area contributed by atoms with Gasteiger partial charge in [-0.3, -0.25) is 0 Å². The highest BCUT2D eigenvalue weighted by Crippen LogP contribution is 2.20. The molecule has 1 N–H and O–H groups in total. The van der Waals surface area contributed by atoms with Crippen LogP contribution in [0.1, 0.15) is 30.2 Å². The van der Waals surface area contributed by atoms with Crippen molar-refractivity contribution >= 4 is 23.0 Å². The number of nitrogens with one attached hydrogen (secondary N) is 1. The minimum absolute atomic E-state index is 0.822. The van der Waals surface area contributed by atoms with Crippen molar-refractivity contribution in [1.82, 2.24) is 15.0 Å². The van der Waals surface area contributed by atoms with E-state index >= 15 is 0 Å². The smallest absolute Gasteiger partial charge is 0.134 e. The van der Waals surface area contributed by atoms with Gasteiger partial charge in [0.1, 0.15) is 17.5 Å². The highest BCUT2D eigenvalue weighted by Gasteiger charge is 2.10. The maximum atomic E-state index is 4.60. The first kappa shape index (κ1) is 14.7. The minimum atomic E-state index is 0.822. The third kappa shape index (κ3) is 3.45. The van der Waals surface area contributed by atoms with Gasteiger partial charge in [-0.1, -0.05) is 6.92 Å². The molecule has 20 heavy (non-hydrogen) atoms. The fraction of sp³-hybridized carbons (Fsp3) is 0.500. The molecule has 2 rings (SSSR count). The van der Waals surface area contributed by atoms with Crippen molar-refractivity contribution in [1.29, 1.82) is 0 Å². The molecule has 0 radical (unpaired) electrons. The van der Waals surface area contributed by atoms with Crippen molar-refractivity contribution in [3.8, 4) is 0 Å². The number of aromatic nitrogens is 3. The van der Waals surface area contributed by atoms with E-state index in [1.807, 2.05) is 18.5 Å². The first-order valence-electron chi connectivity index (χ1n) is 6.86. The quantitative estimate of drug-likeness (QED) is 0.887. The second-order valence-corrected chi connectivity index (χ2v) is 5.57. The number of aryl methyl sites for hydroxylation is 2. The molecule has 6 heteroatoms. The molecule has 0 aliphatic heterocycles. The van der Waals surface area contributed by atoms with Gasteiger partial charge in [0, 0.05) is 31.0 Å². The van der Waals surface area contributed by atoms with E-state index in [1.54, 1.807) is 11.3 Å². The van der Waals surface area contributed by atoms with Gasteiger partial charge in [-0.25, -0.2) is 15.0 Å². The largest absolute Gasteiger partial charge is 0.370 e. The summed E-state index contributed by atoms with van der Waals surface area (Å²) >= 11 is 1.69. The summed E-state index contributed by atoms with van der Waals surface area (Å²) in [5, 5.41) is 3.26. The number of hydrogen-bond donors (Lipinski definition) is 1. The van der Waals surface area contributed by atoms with Gasteiger partial charge in [-0.15, -0.1) is 11.3 Å². The molecule has 0 atom stereocenters. The van der Waals surface area contributed by atoms with E-state index < -0.39 is 0 Å². The fourth-order valence-corrected chi connectivity index (χ4v) is 2.71. The second kappa shape index (κ2) is 6.65. The fourth-order valence-electron chi connectivity index (χ4n) is 1.88. The molecular weight excluding hydrogens is 270 g/mol. The van der Waals surface area contributed by atoms with Crippen LogP contribution in [0.4, 0.5) is 11.6 Å². The summed E-state index contributed by atoms with van der Waals surface area (Å²) in [6, 6.07) is 2.00. The lowest BCUT2D eigenvalue weighted by Crippen LogP contribution is -2.19. The predicted octanol–water partition coefficient (Wildman–Crippen LogP) is 2.87. The normalized spacial score (nSPS) is 10.6. The zero-order valence-corrected chi connectivity index (χ0v) is 13.3. The highest BCUT2D eigenvalue weighted by molar-refractivity contribution is 7.09. The van der Waals surface area contributed by atoms with Crippen molar-refractivity contribution in [3.05, 3.63) is 28.0 Å². The number of thiazole rings is 1. The zero-order chi connectivity index (χ0) is 14.5. The van der Waals surface area contributed by atoms with E-state index in [9.17, 15) is 0 Å². The molecule has 0 aliphatic rings. The first-order chi connectivity index (χ1) is 9.63. The average molecular weight is 291 g/mol. The van der Waals surface area contributed by atoms with Gasteiger partial charge in [0.15, 0.2) is 0 Å². The third-order valence-corrected chi connectivity index (χ3v) is 3.97.